The van der Waals surface area contributed by atoms with Gasteiger partial charge in [0, 0.05) is 12.0 Å². The van der Waals surface area contributed by atoms with Crippen LogP contribution in [-0.2, 0) is 23.9 Å². The van der Waals surface area contributed by atoms with Crippen molar-refractivity contribution in [1.82, 2.24) is 0 Å². The molecule has 1 saturated carbocycles. The number of hydrogen-bond acceptors (Lipinski definition) is 6. The van der Waals surface area contributed by atoms with E-state index in [1.807, 2.05) is 6.92 Å². The summed E-state index contributed by atoms with van der Waals surface area (Å²) in [5.74, 6) is -2.90. The molecule has 0 aromatic rings. The number of aliphatic hydroxyl groups is 1. The van der Waals surface area contributed by atoms with Gasteiger partial charge in [0.05, 0.1) is 17.4 Å². The molecule has 0 radical (unpaired) electrons. The minimum Gasteiger partial charge on any atom is -0.459 e. The summed E-state index contributed by atoms with van der Waals surface area (Å²) >= 11 is 0. The topological polar surface area (TPSA) is 89.9 Å². The van der Waals surface area contributed by atoms with Crippen molar-refractivity contribution in [2.45, 2.75) is 52.9 Å². The van der Waals surface area contributed by atoms with Crippen LogP contribution in [0.3, 0.4) is 0 Å². The maximum atomic E-state index is 12.8. The van der Waals surface area contributed by atoms with E-state index in [1.165, 1.54) is 12.2 Å². The normalized spacial score (nSPS) is 44.0. The van der Waals surface area contributed by atoms with Crippen LogP contribution < -0.4 is 0 Å². The van der Waals surface area contributed by atoms with Gasteiger partial charge >= 0.3 is 11.9 Å². The van der Waals surface area contributed by atoms with Crippen LogP contribution in [-0.4, -0.2) is 41.1 Å². The molecule has 2 aliphatic carbocycles. The first-order valence-electron chi connectivity index (χ1n) is 9.05. The number of ketones is 1. The molecule has 0 bridgehead atoms. The van der Waals surface area contributed by atoms with Crippen molar-refractivity contribution in [3.8, 4) is 0 Å². The van der Waals surface area contributed by atoms with E-state index in [-0.39, 0.29) is 17.6 Å². The zero-order valence-electron chi connectivity index (χ0n) is 15.8. The van der Waals surface area contributed by atoms with Crippen molar-refractivity contribution in [3.05, 3.63) is 23.8 Å². The molecule has 26 heavy (non-hydrogen) atoms. The molecule has 3 rings (SSSR count). The van der Waals surface area contributed by atoms with E-state index in [9.17, 15) is 19.5 Å². The predicted octanol–water partition coefficient (Wildman–Crippen LogP) is 1.81. The second-order valence-electron chi connectivity index (χ2n) is 8.23. The highest BCUT2D eigenvalue weighted by molar-refractivity contribution is 5.98. The Bertz CT molecular complexity index is 703. The van der Waals surface area contributed by atoms with Gasteiger partial charge in [0.1, 0.15) is 12.2 Å². The van der Waals surface area contributed by atoms with E-state index >= 15 is 0 Å². The molecule has 8 atom stereocenters. The summed E-state index contributed by atoms with van der Waals surface area (Å²) in [5.41, 5.74) is -0.259. The third-order valence-corrected chi connectivity index (χ3v) is 6.29. The van der Waals surface area contributed by atoms with Gasteiger partial charge in [-0.3, -0.25) is 9.59 Å². The average Bonchev–Trinajstić information content (AvgIpc) is 2.99. The number of allylic oxidation sites excluding steroid dienone is 3. The molecule has 0 aromatic heterocycles. The van der Waals surface area contributed by atoms with Gasteiger partial charge in [0.25, 0.3) is 0 Å². The Morgan fingerprint density at radius 3 is 2.58 bits per heavy atom. The number of carbonyl (C=O) groups is 3. The maximum Gasteiger partial charge on any atom is 0.330 e. The van der Waals surface area contributed by atoms with Gasteiger partial charge in [-0.25, -0.2) is 4.79 Å². The Kier molecular flexibility index (Phi) is 4.59. The standard InChI is InChI=1S/C20H26O6/c1-9(2)8-14(22)25-18-15-11(4)19(24)26-17(15)16(23)10(3)12-6-7-13(21)20(12,18)5/h6-8,10-12,15-18,23H,1-5H3/t10-,11-,12+,15+,16+,17-,18+,20+/m0/s1. The first-order chi connectivity index (χ1) is 12.1. The second-order valence-corrected chi connectivity index (χ2v) is 8.23. The molecule has 0 unspecified atom stereocenters. The Hall–Kier alpha value is -1.95. The van der Waals surface area contributed by atoms with Crippen LogP contribution in [0.5, 0.6) is 0 Å². The van der Waals surface area contributed by atoms with Crippen molar-refractivity contribution < 1.29 is 29.0 Å². The number of ether oxygens (including phenoxy) is 2. The van der Waals surface area contributed by atoms with Crippen LogP contribution in [0.25, 0.3) is 0 Å². The minimum atomic E-state index is -1.03. The molecule has 6 heteroatoms. The zero-order chi connectivity index (χ0) is 19.4. The van der Waals surface area contributed by atoms with E-state index in [2.05, 4.69) is 0 Å². The van der Waals surface area contributed by atoms with Gasteiger partial charge in [-0.1, -0.05) is 25.5 Å². The lowest BCUT2D eigenvalue weighted by Gasteiger charge is -2.40. The van der Waals surface area contributed by atoms with Crippen LogP contribution in [0.4, 0.5) is 0 Å². The van der Waals surface area contributed by atoms with Crippen molar-refractivity contribution in [3.63, 3.8) is 0 Å². The molecule has 2 fully saturated rings. The summed E-state index contributed by atoms with van der Waals surface area (Å²) in [7, 11) is 0. The molecule has 1 heterocycles. The van der Waals surface area contributed by atoms with Crippen LogP contribution in [0.1, 0.15) is 34.6 Å². The average molecular weight is 362 g/mol. The number of rotatable bonds is 2. The van der Waals surface area contributed by atoms with Crippen LogP contribution in [0.2, 0.25) is 0 Å². The van der Waals surface area contributed by atoms with Crippen molar-refractivity contribution in [2.24, 2.45) is 29.1 Å². The number of aliphatic hydroxyl groups excluding tert-OH is 1. The molecular formula is C20H26O6. The van der Waals surface area contributed by atoms with Crippen LogP contribution in [0, 0.1) is 29.1 Å². The highest BCUT2D eigenvalue weighted by Crippen LogP contribution is 2.54. The van der Waals surface area contributed by atoms with Crippen LogP contribution >= 0.6 is 0 Å². The number of carbonyl (C=O) groups excluding carboxylic acids is 3. The van der Waals surface area contributed by atoms with Gasteiger partial charge in [-0.15, -0.1) is 0 Å². The van der Waals surface area contributed by atoms with Crippen LogP contribution in [0.15, 0.2) is 23.8 Å². The lowest BCUT2D eigenvalue weighted by Crippen LogP contribution is -2.50. The monoisotopic (exact) mass is 362 g/mol. The summed E-state index contributed by atoms with van der Waals surface area (Å²) < 4.78 is 11.2. The number of esters is 2. The molecule has 0 aromatic carbocycles. The molecule has 0 amide bonds. The first-order valence-corrected chi connectivity index (χ1v) is 9.05. The molecule has 1 N–H and O–H groups in total. The maximum absolute atomic E-state index is 12.8. The summed E-state index contributed by atoms with van der Waals surface area (Å²) in [6.45, 7) is 8.86. The Labute approximate surface area is 153 Å². The predicted molar refractivity (Wildman–Crippen MR) is 92.8 cm³/mol. The Balaban J connectivity index is 2.11. The molecule has 6 nitrogen and oxygen atoms in total. The molecule has 3 aliphatic rings. The van der Waals surface area contributed by atoms with Crippen molar-refractivity contribution in [2.75, 3.05) is 0 Å². The lowest BCUT2D eigenvalue weighted by atomic mass is 9.66. The fourth-order valence-electron chi connectivity index (χ4n) is 4.79. The van der Waals surface area contributed by atoms with Gasteiger partial charge < -0.3 is 14.6 Å². The number of hydrogen-bond donors (Lipinski definition) is 1. The molecule has 0 spiro atoms. The van der Waals surface area contributed by atoms with E-state index in [0.717, 1.165) is 5.57 Å². The van der Waals surface area contributed by atoms with E-state index in [4.69, 9.17) is 9.47 Å². The molecule has 142 valence electrons. The van der Waals surface area contributed by atoms with E-state index in [1.54, 1.807) is 33.8 Å². The smallest absolute Gasteiger partial charge is 0.330 e. The van der Waals surface area contributed by atoms with Gasteiger partial charge in [-0.2, -0.15) is 0 Å². The highest BCUT2D eigenvalue weighted by atomic mass is 16.6. The minimum absolute atomic E-state index is 0.149. The van der Waals surface area contributed by atoms with E-state index in [0.29, 0.717) is 0 Å². The Morgan fingerprint density at radius 2 is 1.96 bits per heavy atom. The third kappa shape index (κ3) is 2.62. The summed E-state index contributed by atoms with van der Waals surface area (Å²) in [4.78, 5) is 37.4. The summed E-state index contributed by atoms with van der Waals surface area (Å²) in [6, 6.07) is 0. The molecule has 1 aliphatic heterocycles. The SMILES string of the molecule is CC(C)=CC(=O)O[C@@H]1[C@H]2[C@H](OC(=O)[C@H]2C)[C@H](O)[C@@H](C)[C@H]2C=CC(=O)[C@@]21C. The Morgan fingerprint density at radius 1 is 1.31 bits per heavy atom. The number of fused-ring (bicyclic) bond motifs is 2. The van der Waals surface area contributed by atoms with Crippen molar-refractivity contribution >= 4 is 17.7 Å². The largest absolute Gasteiger partial charge is 0.459 e. The van der Waals surface area contributed by atoms with E-state index < -0.39 is 47.5 Å². The summed E-state index contributed by atoms with van der Waals surface area (Å²) in [5, 5.41) is 10.8. The zero-order valence-corrected chi connectivity index (χ0v) is 15.8. The fraction of sp³-hybridized carbons (Fsp3) is 0.650. The second kappa shape index (κ2) is 6.34. The van der Waals surface area contributed by atoms with Gasteiger partial charge in [0.2, 0.25) is 0 Å². The molecule has 1 saturated heterocycles. The van der Waals surface area contributed by atoms with Gasteiger partial charge in [0.15, 0.2) is 5.78 Å². The third-order valence-electron chi connectivity index (χ3n) is 6.29. The highest BCUT2D eigenvalue weighted by Gasteiger charge is 2.65. The van der Waals surface area contributed by atoms with Gasteiger partial charge in [-0.05, 0) is 38.7 Å². The summed E-state index contributed by atoms with van der Waals surface area (Å²) in [6.07, 6.45) is 2.07. The fourth-order valence-corrected chi connectivity index (χ4v) is 4.79. The lowest BCUT2D eigenvalue weighted by molar-refractivity contribution is -0.162. The van der Waals surface area contributed by atoms with Crippen molar-refractivity contribution in [1.29, 1.82) is 0 Å². The first kappa shape index (κ1) is 18.8. The molecular weight excluding hydrogens is 336 g/mol. The quantitative estimate of drug-likeness (QED) is 0.595.